The molecule has 27 heavy (non-hydrogen) atoms. The molecule has 3 rings (SSSR count). The molecular formula is C19H16ClN5OS. The molecule has 0 radical (unpaired) electrons. The molecule has 0 aliphatic rings. The molecule has 0 fully saturated rings. The number of amides is 1. The Labute approximate surface area is 166 Å². The highest BCUT2D eigenvalue weighted by Crippen LogP contribution is 2.26. The second-order valence-corrected chi connectivity index (χ2v) is 6.97. The highest BCUT2D eigenvalue weighted by Gasteiger charge is 2.15. The molecule has 0 atom stereocenters. The molecule has 0 saturated carbocycles. The first-order chi connectivity index (χ1) is 13.1. The zero-order valence-corrected chi connectivity index (χ0v) is 16.1. The van der Waals surface area contributed by atoms with Crippen molar-refractivity contribution in [3.63, 3.8) is 0 Å². The van der Waals surface area contributed by atoms with Crippen LogP contribution in [0.5, 0.6) is 0 Å². The molecule has 0 saturated heterocycles. The van der Waals surface area contributed by atoms with Gasteiger partial charge in [-0.15, -0.1) is 10.2 Å². The van der Waals surface area contributed by atoms with Crippen LogP contribution in [0.4, 0.5) is 5.69 Å². The van der Waals surface area contributed by atoms with Gasteiger partial charge in [-0.05, 0) is 37.3 Å². The summed E-state index contributed by atoms with van der Waals surface area (Å²) in [6, 6.07) is 16.3. The van der Waals surface area contributed by atoms with Gasteiger partial charge in [0.05, 0.1) is 17.4 Å². The van der Waals surface area contributed by atoms with Crippen LogP contribution in [0.25, 0.3) is 11.4 Å². The van der Waals surface area contributed by atoms with Crippen molar-refractivity contribution in [3.05, 3.63) is 59.1 Å². The predicted molar refractivity (Wildman–Crippen MR) is 107 cm³/mol. The maximum Gasteiger partial charge on any atom is 0.234 e. The first kappa shape index (κ1) is 19.0. The summed E-state index contributed by atoms with van der Waals surface area (Å²) < 4.78 is 1.94. The molecule has 6 nitrogen and oxygen atoms in total. The van der Waals surface area contributed by atoms with Gasteiger partial charge in [0, 0.05) is 22.8 Å². The summed E-state index contributed by atoms with van der Waals surface area (Å²) >= 11 is 7.37. The summed E-state index contributed by atoms with van der Waals surface area (Å²) in [5.41, 5.74) is 1.97. The van der Waals surface area contributed by atoms with Gasteiger partial charge in [-0.25, -0.2) is 0 Å². The van der Waals surface area contributed by atoms with E-state index in [0.717, 1.165) is 5.56 Å². The van der Waals surface area contributed by atoms with Gasteiger partial charge in [-0.1, -0.05) is 41.6 Å². The minimum atomic E-state index is -0.176. The average Bonchev–Trinajstić information content (AvgIpc) is 3.09. The van der Waals surface area contributed by atoms with E-state index >= 15 is 0 Å². The number of thioether (sulfide) groups is 1. The van der Waals surface area contributed by atoms with E-state index < -0.39 is 0 Å². The fourth-order valence-corrected chi connectivity index (χ4v) is 3.51. The first-order valence-corrected chi connectivity index (χ1v) is 9.59. The fourth-order valence-electron chi connectivity index (χ4n) is 2.52. The van der Waals surface area contributed by atoms with E-state index in [-0.39, 0.29) is 11.7 Å². The van der Waals surface area contributed by atoms with Crippen LogP contribution in [-0.2, 0) is 11.3 Å². The van der Waals surface area contributed by atoms with Crippen molar-refractivity contribution < 1.29 is 4.79 Å². The lowest BCUT2D eigenvalue weighted by molar-refractivity contribution is -0.113. The van der Waals surface area contributed by atoms with Gasteiger partial charge in [-0.3, -0.25) is 4.79 Å². The molecule has 1 amide bonds. The third-order valence-electron chi connectivity index (χ3n) is 3.72. The number of anilines is 1. The van der Waals surface area contributed by atoms with Crippen LogP contribution in [0, 0.1) is 11.3 Å². The molecule has 1 heterocycles. The Morgan fingerprint density at radius 1 is 1.26 bits per heavy atom. The van der Waals surface area contributed by atoms with Gasteiger partial charge in [-0.2, -0.15) is 5.26 Å². The van der Waals surface area contributed by atoms with Crippen molar-refractivity contribution in [2.75, 3.05) is 11.1 Å². The molecule has 0 spiro atoms. The summed E-state index contributed by atoms with van der Waals surface area (Å²) in [7, 11) is 0. The monoisotopic (exact) mass is 397 g/mol. The number of carbonyl (C=O) groups is 1. The van der Waals surface area contributed by atoms with E-state index in [2.05, 4.69) is 15.5 Å². The van der Waals surface area contributed by atoms with Crippen LogP contribution in [0.2, 0.25) is 5.02 Å². The number of hydrogen-bond acceptors (Lipinski definition) is 5. The van der Waals surface area contributed by atoms with E-state index in [1.807, 2.05) is 35.8 Å². The van der Waals surface area contributed by atoms with Gasteiger partial charge in [0.15, 0.2) is 11.0 Å². The molecule has 0 aliphatic carbocycles. The average molecular weight is 398 g/mol. The largest absolute Gasteiger partial charge is 0.325 e. The molecule has 1 aromatic heterocycles. The van der Waals surface area contributed by atoms with Crippen molar-refractivity contribution >= 4 is 35.0 Å². The Balaban J connectivity index is 1.69. The summed E-state index contributed by atoms with van der Waals surface area (Å²) in [6.45, 7) is 2.66. The second kappa shape index (κ2) is 8.71. The molecule has 0 bridgehead atoms. The lowest BCUT2D eigenvalue weighted by Gasteiger charge is -2.08. The summed E-state index contributed by atoms with van der Waals surface area (Å²) in [4.78, 5) is 12.2. The van der Waals surface area contributed by atoms with Crippen LogP contribution < -0.4 is 5.32 Å². The van der Waals surface area contributed by atoms with E-state index in [4.69, 9.17) is 16.9 Å². The zero-order chi connectivity index (χ0) is 19.2. The number of benzene rings is 2. The first-order valence-electron chi connectivity index (χ1n) is 8.22. The molecular weight excluding hydrogens is 382 g/mol. The zero-order valence-electron chi connectivity index (χ0n) is 14.5. The van der Waals surface area contributed by atoms with Crippen molar-refractivity contribution in [3.8, 4) is 17.5 Å². The number of rotatable bonds is 6. The Bertz CT molecular complexity index is 1010. The standard InChI is InChI=1S/C19H16ClN5OS/c1-2-25-18(14-6-4-7-15(20)10-14)23-24-19(25)27-12-17(26)22-16-8-3-5-13(9-16)11-21/h3-10H,2,12H2,1H3,(H,22,26). The van der Waals surface area contributed by atoms with Crippen molar-refractivity contribution in [1.82, 2.24) is 14.8 Å². The smallest absolute Gasteiger partial charge is 0.234 e. The topological polar surface area (TPSA) is 83.6 Å². The van der Waals surface area contributed by atoms with Crippen molar-refractivity contribution in [1.29, 1.82) is 5.26 Å². The summed E-state index contributed by atoms with van der Waals surface area (Å²) in [6.07, 6.45) is 0. The van der Waals surface area contributed by atoms with Gasteiger partial charge >= 0.3 is 0 Å². The lowest BCUT2D eigenvalue weighted by Crippen LogP contribution is -2.14. The molecule has 0 unspecified atom stereocenters. The number of nitrogens with zero attached hydrogens (tertiary/aromatic N) is 4. The molecule has 2 aromatic carbocycles. The summed E-state index contributed by atoms with van der Waals surface area (Å²) in [5.74, 6) is 0.722. The molecule has 8 heteroatoms. The van der Waals surface area contributed by atoms with E-state index in [1.54, 1.807) is 30.3 Å². The third-order valence-corrected chi connectivity index (χ3v) is 4.93. The maximum absolute atomic E-state index is 12.2. The highest BCUT2D eigenvalue weighted by molar-refractivity contribution is 7.99. The second-order valence-electron chi connectivity index (χ2n) is 5.59. The van der Waals surface area contributed by atoms with Gasteiger partial charge in [0.2, 0.25) is 5.91 Å². The predicted octanol–water partition coefficient (Wildman–Crippen LogP) is 4.22. The molecule has 136 valence electrons. The van der Waals surface area contributed by atoms with E-state index in [1.165, 1.54) is 11.8 Å². The molecule has 3 aromatic rings. The lowest BCUT2D eigenvalue weighted by atomic mass is 10.2. The number of nitriles is 1. The Kier molecular flexibility index (Phi) is 6.12. The quantitative estimate of drug-likeness (QED) is 0.629. The highest BCUT2D eigenvalue weighted by atomic mass is 35.5. The molecule has 1 N–H and O–H groups in total. The van der Waals surface area contributed by atoms with E-state index in [0.29, 0.717) is 33.8 Å². The van der Waals surface area contributed by atoms with Crippen molar-refractivity contribution in [2.45, 2.75) is 18.6 Å². The SMILES string of the molecule is CCn1c(SCC(=O)Nc2cccc(C#N)c2)nnc1-c1cccc(Cl)c1. The number of halogens is 1. The number of carbonyl (C=O) groups excluding carboxylic acids is 1. The Hall–Kier alpha value is -2.82. The van der Waals surface area contributed by atoms with Crippen LogP contribution in [0.3, 0.4) is 0 Å². The Morgan fingerprint density at radius 2 is 2.07 bits per heavy atom. The van der Waals surface area contributed by atoms with Crippen LogP contribution in [0.15, 0.2) is 53.7 Å². The third kappa shape index (κ3) is 4.67. The summed E-state index contributed by atoms with van der Waals surface area (Å²) in [5, 5.41) is 21.5. The fraction of sp³-hybridized carbons (Fsp3) is 0.158. The van der Waals surface area contributed by atoms with Crippen molar-refractivity contribution in [2.24, 2.45) is 0 Å². The van der Waals surface area contributed by atoms with E-state index in [9.17, 15) is 4.79 Å². The van der Waals surface area contributed by atoms with Gasteiger partial charge in [0.1, 0.15) is 0 Å². The Morgan fingerprint density at radius 3 is 2.81 bits per heavy atom. The normalized spacial score (nSPS) is 10.4. The number of hydrogen-bond donors (Lipinski definition) is 1. The number of aromatic nitrogens is 3. The minimum absolute atomic E-state index is 0.176. The number of nitrogens with one attached hydrogen (secondary N) is 1. The maximum atomic E-state index is 12.2. The van der Waals surface area contributed by atoms with Crippen LogP contribution >= 0.6 is 23.4 Å². The van der Waals surface area contributed by atoms with Crippen LogP contribution in [0.1, 0.15) is 12.5 Å². The van der Waals surface area contributed by atoms with Gasteiger partial charge < -0.3 is 9.88 Å². The van der Waals surface area contributed by atoms with Crippen LogP contribution in [-0.4, -0.2) is 26.4 Å². The molecule has 0 aliphatic heterocycles. The van der Waals surface area contributed by atoms with Gasteiger partial charge in [0.25, 0.3) is 0 Å². The minimum Gasteiger partial charge on any atom is -0.325 e.